The molecule has 0 unspecified atom stereocenters. The van der Waals surface area contributed by atoms with Crippen LogP contribution in [0, 0.1) is 5.82 Å². The van der Waals surface area contributed by atoms with Crippen molar-refractivity contribution in [2.75, 3.05) is 49.9 Å². The fourth-order valence-electron chi connectivity index (χ4n) is 3.40. The van der Waals surface area contributed by atoms with E-state index < -0.39 is 34.4 Å². The van der Waals surface area contributed by atoms with Gasteiger partial charge in [0.2, 0.25) is 5.91 Å². The molecule has 3 rings (SSSR count). The number of amides is 2. The standard InChI is InChI=1S/C22H26FN3O5S2/c1-3-31-22(28)25-13-11-24(12-14-25)21(27)16-26(18-6-4-5-17(23)15-18)33(29,30)20-9-7-19(32-2)8-10-20/h4-10,15H,3,11-14,16H2,1-2H3. The number of piperazine rings is 1. The van der Waals surface area contributed by atoms with Crippen molar-refractivity contribution in [1.82, 2.24) is 9.80 Å². The lowest BCUT2D eigenvalue weighted by Gasteiger charge is -2.35. The van der Waals surface area contributed by atoms with Crippen molar-refractivity contribution in [2.24, 2.45) is 0 Å². The predicted octanol–water partition coefficient (Wildman–Crippen LogP) is 3.04. The number of hydrogen-bond acceptors (Lipinski definition) is 6. The number of thioether (sulfide) groups is 1. The van der Waals surface area contributed by atoms with E-state index in [4.69, 9.17) is 4.74 Å². The Kier molecular flexibility index (Phi) is 8.20. The van der Waals surface area contributed by atoms with Crippen LogP contribution in [0.15, 0.2) is 58.3 Å². The van der Waals surface area contributed by atoms with Gasteiger partial charge >= 0.3 is 6.09 Å². The number of anilines is 1. The minimum atomic E-state index is -4.14. The molecule has 0 N–H and O–H groups in total. The number of rotatable bonds is 7. The maximum atomic E-state index is 13.9. The number of ether oxygens (including phenoxy) is 1. The molecule has 0 spiro atoms. The van der Waals surface area contributed by atoms with Gasteiger partial charge in [0.1, 0.15) is 12.4 Å². The van der Waals surface area contributed by atoms with Gasteiger partial charge < -0.3 is 14.5 Å². The summed E-state index contributed by atoms with van der Waals surface area (Å²) in [5.74, 6) is -1.05. The molecule has 2 amide bonds. The van der Waals surface area contributed by atoms with Crippen LogP contribution < -0.4 is 4.31 Å². The average molecular weight is 496 g/mol. The summed E-state index contributed by atoms with van der Waals surface area (Å²) in [4.78, 5) is 28.8. The Morgan fingerprint density at radius 2 is 1.70 bits per heavy atom. The van der Waals surface area contributed by atoms with Gasteiger partial charge in [-0.2, -0.15) is 0 Å². The molecule has 1 fully saturated rings. The van der Waals surface area contributed by atoms with Crippen LogP contribution in [0.5, 0.6) is 0 Å². The topological polar surface area (TPSA) is 87.2 Å². The normalized spacial score (nSPS) is 14.2. The zero-order valence-corrected chi connectivity index (χ0v) is 20.1. The van der Waals surface area contributed by atoms with Crippen molar-refractivity contribution >= 4 is 39.5 Å². The van der Waals surface area contributed by atoms with E-state index in [2.05, 4.69) is 0 Å². The Bertz CT molecular complexity index is 1090. The van der Waals surface area contributed by atoms with Crippen molar-refractivity contribution in [3.8, 4) is 0 Å². The lowest BCUT2D eigenvalue weighted by molar-refractivity contribution is -0.131. The molecule has 0 radical (unpaired) electrons. The quantitative estimate of drug-likeness (QED) is 0.549. The Morgan fingerprint density at radius 3 is 2.27 bits per heavy atom. The summed E-state index contributed by atoms with van der Waals surface area (Å²) in [5.41, 5.74) is 0.0578. The molecule has 8 nitrogen and oxygen atoms in total. The summed E-state index contributed by atoms with van der Waals surface area (Å²) in [5, 5.41) is 0. The third kappa shape index (κ3) is 5.97. The van der Waals surface area contributed by atoms with E-state index in [-0.39, 0.29) is 43.4 Å². The summed E-state index contributed by atoms with van der Waals surface area (Å²) >= 11 is 1.47. The summed E-state index contributed by atoms with van der Waals surface area (Å²) in [6.07, 6.45) is 1.44. The highest BCUT2D eigenvalue weighted by Gasteiger charge is 2.31. The molecule has 178 valence electrons. The molecule has 1 heterocycles. The highest BCUT2D eigenvalue weighted by Crippen LogP contribution is 2.26. The van der Waals surface area contributed by atoms with Crippen molar-refractivity contribution in [2.45, 2.75) is 16.7 Å². The third-order valence-corrected chi connectivity index (χ3v) is 7.71. The number of carbonyl (C=O) groups excluding carboxylic acids is 2. The Hall–Kier alpha value is -2.79. The van der Waals surface area contributed by atoms with Crippen LogP contribution in [0.1, 0.15) is 6.92 Å². The number of hydrogen-bond donors (Lipinski definition) is 0. The third-order valence-electron chi connectivity index (χ3n) is 5.18. The van der Waals surface area contributed by atoms with Crippen LogP contribution in [-0.2, 0) is 19.6 Å². The van der Waals surface area contributed by atoms with Gasteiger partial charge in [0.25, 0.3) is 10.0 Å². The molecule has 0 atom stereocenters. The van der Waals surface area contributed by atoms with Crippen molar-refractivity contribution in [3.63, 3.8) is 0 Å². The van der Waals surface area contributed by atoms with E-state index in [1.165, 1.54) is 51.9 Å². The first kappa shape index (κ1) is 24.8. The largest absolute Gasteiger partial charge is 0.450 e. The van der Waals surface area contributed by atoms with E-state index in [0.29, 0.717) is 0 Å². The molecule has 1 aliphatic heterocycles. The number of carbonyl (C=O) groups is 2. The summed E-state index contributed by atoms with van der Waals surface area (Å²) < 4.78 is 46.7. The molecule has 0 saturated carbocycles. The molecular formula is C22H26FN3O5S2. The summed E-state index contributed by atoms with van der Waals surface area (Å²) in [7, 11) is -4.14. The predicted molar refractivity (Wildman–Crippen MR) is 124 cm³/mol. The summed E-state index contributed by atoms with van der Waals surface area (Å²) in [6.45, 7) is 2.55. The summed E-state index contributed by atoms with van der Waals surface area (Å²) in [6, 6.07) is 11.4. The minimum Gasteiger partial charge on any atom is -0.450 e. The lowest BCUT2D eigenvalue weighted by atomic mass is 10.3. The molecule has 2 aromatic carbocycles. The fraction of sp³-hybridized carbons (Fsp3) is 0.364. The number of benzene rings is 2. The van der Waals surface area contributed by atoms with Crippen molar-refractivity contribution in [3.05, 3.63) is 54.3 Å². The Labute approximate surface area is 197 Å². The Morgan fingerprint density at radius 1 is 1.06 bits per heavy atom. The van der Waals surface area contributed by atoms with E-state index in [0.717, 1.165) is 15.3 Å². The smallest absolute Gasteiger partial charge is 0.409 e. The van der Waals surface area contributed by atoms with E-state index in [9.17, 15) is 22.4 Å². The molecule has 11 heteroatoms. The fourth-order valence-corrected chi connectivity index (χ4v) is 5.21. The number of sulfonamides is 1. The van der Waals surface area contributed by atoms with Gasteiger partial charge in [0, 0.05) is 31.1 Å². The SMILES string of the molecule is CCOC(=O)N1CCN(C(=O)CN(c2cccc(F)c2)S(=O)(=O)c2ccc(SC)cc2)CC1. The van der Waals surface area contributed by atoms with Crippen molar-refractivity contribution in [1.29, 1.82) is 0 Å². The zero-order chi connectivity index (χ0) is 24.0. The van der Waals surface area contributed by atoms with Gasteiger partial charge in [-0.15, -0.1) is 11.8 Å². The average Bonchev–Trinajstić information content (AvgIpc) is 2.82. The first-order valence-corrected chi connectivity index (χ1v) is 13.0. The molecule has 0 aromatic heterocycles. The van der Waals surface area contributed by atoms with Crippen molar-refractivity contribution < 1.29 is 27.1 Å². The van der Waals surface area contributed by atoms with Gasteiger partial charge in [-0.25, -0.2) is 17.6 Å². The minimum absolute atomic E-state index is 0.00416. The molecule has 1 aliphatic rings. The van der Waals surface area contributed by atoms with Gasteiger partial charge in [-0.1, -0.05) is 6.07 Å². The van der Waals surface area contributed by atoms with Crippen LogP contribution in [0.25, 0.3) is 0 Å². The molecule has 1 saturated heterocycles. The van der Waals surface area contributed by atoms with Crippen LogP contribution >= 0.6 is 11.8 Å². The zero-order valence-electron chi connectivity index (χ0n) is 18.4. The number of nitrogens with zero attached hydrogens (tertiary/aromatic N) is 3. The molecular weight excluding hydrogens is 469 g/mol. The molecule has 33 heavy (non-hydrogen) atoms. The highest BCUT2D eigenvalue weighted by molar-refractivity contribution is 7.98. The molecule has 0 bridgehead atoms. The van der Waals surface area contributed by atoms with Gasteiger partial charge in [0.15, 0.2) is 0 Å². The maximum absolute atomic E-state index is 13.9. The van der Waals surface area contributed by atoms with Gasteiger partial charge in [0.05, 0.1) is 17.2 Å². The second-order valence-electron chi connectivity index (χ2n) is 7.23. The van der Waals surface area contributed by atoms with Crippen LogP contribution in [0.4, 0.5) is 14.9 Å². The van der Waals surface area contributed by atoms with E-state index in [1.54, 1.807) is 19.1 Å². The lowest BCUT2D eigenvalue weighted by Crippen LogP contribution is -2.53. The van der Waals surface area contributed by atoms with Gasteiger partial charge in [-0.05, 0) is 55.6 Å². The first-order chi connectivity index (χ1) is 15.8. The number of halogens is 1. The van der Waals surface area contributed by atoms with Crippen LogP contribution in [-0.4, -0.2) is 75.8 Å². The first-order valence-electron chi connectivity index (χ1n) is 10.4. The second-order valence-corrected chi connectivity index (χ2v) is 9.98. The van der Waals surface area contributed by atoms with Gasteiger partial charge in [-0.3, -0.25) is 9.10 Å². The van der Waals surface area contributed by atoms with Crippen LogP contribution in [0.2, 0.25) is 0 Å². The highest BCUT2D eigenvalue weighted by atomic mass is 32.2. The van der Waals surface area contributed by atoms with E-state index >= 15 is 0 Å². The second kappa shape index (κ2) is 10.9. The maximum Gasteiger partial charge on any atom is 0.409 e. The molecule has 2 aromatic rings. The molecule has 0 aliphatic carbocycles. The van der Waals surface area contributed by atoms with E-state index in [1.807, 2.05) is 6.26 Å². The van der Waals surface area contributed by atoms with Crippen LogP contribution in [0.3, 0.4) is 0 Å². The Balaban J connectivity index is 1.82. The monoisotopic (exact) mass is 495 g/mol.